The molecule has 2 N–H and O–H groups in total. The summed E-state index contributed by atoms with van der Waals surface area (Å²) in [6.07, 6.45) is 7.93. The zero-order chi connectivity index (χ0) is 24.4. The molecule has 1 saturated heterocycles. The Balaban J connectivity index is 1.27. The molecular weight excluding hydrogens is 462 g/mol. The average molecular weight is 494 g/mol. The minimum Gasteiger partial charge on any atom is -0.350 e. The molecule has 1 heterocycles. The van der Waals surface area contributed by atoms with E-state index in [1.54, 1.807) is 24.3 Å². The second kappa shape index (κ2) is 10.4. The first-order valence-electron chi connectivity index (χ1n) is 12.8. The summed E-state index contributed by atoms with van der Waals surface area (Å²) in [6.45, 7) is 0.344. The number of nitrogens with one attached hydrogen (secondary N) is 2. The van der Waals surface area contributed by atoms with Crippen LogP contribution in [0.4, 0.5) is 5.69 Å². The van der Waals surface area contributed by atoms with Gasteiger partial charge in [0.2, 0.25) is 11.8 Å². The molecule has 0 radical (unpaired) electrons. The van der Waals surface area contributed by atoms with Crippen LogP contribution in [0.15, 0.2) is 48.5 Å². The molecule has 2 aliphatic carbocycles. The van der Waals surface area contributed by atoms with Crippen LogP contribution in [-0.2, 0) is 16.1 Å². The van der Waals surface area contributed by atoms with Crippen molar-refractivity contribution in [2.24, 2.45) is 11.8 Å². The van der Waals surface area contributed by atoms with Gasteiger partial charge in [0.05, 0.1) is 0 Å². The number of hydrogen-bond acceptors (Lipinski definition) is 3. The summed E-state index contributed by atoms with van der Waals surface area (Å²) in [7, 11) is 0. The normalized spacial score (nSPS) is 23.8. The van der Waals surface area contributed by atoms with Crippen LogP contribution >= 0.6 is 11.6 Å². The largest absolute Gasteiger partial charge is 0.350 e. The highest BCUT2D eigenvalue weighted by atomic mass is 35.5. The summed E-state index contributed by atoms with van der Waals surface area (Å²) in [5, 5.41) is 6.56. The molecule has 0 aromatic heterocycles. The molecule has 184 valence electrons. The number of fused-ring (bicyclic) bond motifs is 1. The van der Waals surface area contributed by atoms with Gasteiger partial charge in [-0.25, -0.2) is 0 Å². The molecule has 7 heteroatoms. The number of benzene rings is 2. The van der Waals surface area contributed by atoms with Crippen molar-refractivity contribution in [3.8, 4) is 0 Å². The molecule has 3 atom stereocenters. The van der Waals surface area contributed by atoms with E-state index < -0.39 is 6.04 Å². The first-order valence-corrected chi connectivity index (χ1v) is 13.1. The van der Waals surface area contributed by atoms with Crippen molar-refractivity contribution in [1.82, 2.24) is 10.2 Å². The van der Waals surface area contributed by atoms with Crippen LogP contribution in [0.1, 0.15) is 67.3 Å². The first-order chi connectivity index (χ1) is 17.0. The maximum Gasteiger partial charge on any atom is 0.254 e. The molecule has 3 aliphatic rings. The van der Waals surface area contributed by atoms with E-state index in [0.29, 0.717) is 29.5 Å². The van der Waals surface area contributed by atoms with Gasteiger partial charge in [-0.05, 0) is 73.9 Å². The maximum absolute atomic E-state index is 13.5. The van der Waals surface area contributed by atoms with Crippen molar-refractivity contribution in [2.45, 2.75) is 70.0 Å². The van der Waals surface area contributed by atoms with E-state index in [0.717, 1.165) is 56.2 Å². The van der Waals surface area contributed by atoms with Gasteiger partial charge < -0.3 is 15.5 Å². The van der Waals surface area contributed by atoms with Crippen LogP contribution in [0, 0.1) is 11.8 Å². The smallest absolute Gasteiger partial charge is 0.254 e. The molecule has 2 saturated carbocycles. The Kier molecular flexibility index (Phi) is 7.09. The van der Waals surface area contributed by atoms with Gasteiger partial charge in [0.25, 0.3) is 5.91 Å². The predicted octanol–water partition coefficient (Wildman–Crippen LogP) is 5.17. The minimum atomic E-state index is -0.490. The van der Waals surface area contributed by atoms with Gasteiger partial charge in [-0.3, -0.25) is 14.4 Å². The topological polar surface area (TPSA) is 78.5 Å². The number of rotatable bonds is 6. The molecule has 1 aliphatic heterocycles. The number of carbonyl (C=O) groups is 3. The Morgan fingerprint density at radius 1 is 0.914 bits per heavy atom. The molecule has 6 nitrogen and oxygen atoms in total. The molecule has 2 aromatic rings. The summed E-state index contributed by atoms with van der Waals surface area (Å²) in [5.41, 5.74) is 2.18. The van der Waals surface area contributed by atoms with Crippen molar-refractivity contribution in [3.05, 3.63) is 64.7 Å². The molecule has 3 amide bonds. The summed E-state index contributed by atoms with van der Waals surface area (Å²) < 4.78 is 0. The Labute approximate surface area is 211 Å². The molecule has 0 spiro atoms. The summed E-state index contributed by atoms with van der Waals surface area (Å²) in [5.74, 6) is 0.294. The monoisotopic (exact) mass is 493 g/mol. The standard InChI is InChI=1S/C28H32ClN3O3/c29-22-11-5-10-21(15-22)28(35)32-24-13-2-1-7-20(24)16-25(32)27(34)30-17-18-6-3-12-23(14-18)31-26(33)19-8-4-9-19/h3,5-6,10-12,14-15,19-20,24-25H,1-2,4,7-9,13,16-17H2,(H,30,34)(H,31,33). The van der Waals surface area contributed by atoms with Crippen molar-refractivity contribution < 1.29 is 14.4 Å². The molecule has 5 rings (SSSR count). The number of anilines is 1. The quantitative estimate of drug-likeness (QED) is 0.582. The third-order valence-electron chi connectivity index (χ3n) is 7.83. The average Bonchev–Trinajstić information content (AvgIpc) is 3.21. The molecule has 3 unspecified atom stereocenters. The van der Waals surface area contributed by atoms with Gasteiger partial charge in [0.1, 0.15) is 6.04 Å². The lowest BCUT2D eigenvalue weighted by atomic mass is 9.84. The highest BCUT2D eigenvalue weighted by Gasteiger charge is 2.47. The second-order valence-electron chi connectivity index (χ2n) is 10.1. The summed E-state index contributed by atoms with van der Waals surface area (Å²) in [6, 6.07) is 14.2. The van der Waals surface area contributed by atoms with Crippen LogP contribution in [0.3, 0.4) is 0 Å². The van der Waals surface area contributed by atoms with E-state index in [4.69, 9.17) is 11.6 Å². The Bertz CT molecular complexity index is 1120. The van der Waals surface area contributed by atoms with Crippen LogP contribution in [-0.4, -0.2) is 34.7 Å². The van der Waals surface area contributed by atoms with E-state index in [1.807, 2.05) is 29.2 Å². The number of likely N-dealkylation sites (tertiary alicyclic amines) is 1. The highest BCUT2D eigenvalue weighted by molar-refractivity contribution is 6.31. The zero-order valence-corrected chi connectivity index (χ0v) is 20.6. The summed E-state index contributed by atoms with van der Waals surface area (Å²) >= 11 is 6.15. The fourth-order valence-electron chi connectivity index (χ4n) is 5.74. The number of hydrogen-bond donors (Lipinski definition) is 2. The van der Waals surface area contributed by atoms with Gasteiger partial charge in [0.15, 0.2) is 0 Å². The van der Waals surface area contributed by atoms with Crippen molar-refractivity contribution in [2.75, 3.05) is 5.32 Å². The van der Waals surface area contributed by atoms with Gasteiger partial charge in [-0.2, -0.15) is 0 Å². The molecule has 2 aromatic carbocycles. The molecule has 0 bridgehead atoms. The van der Waals surface area contributed by atoms with Crippen LogP contribution < -0.4 is 10.6 Å². The summed E-state index contributed by atoms with van der Waals surface area (Å²) in [4.78, 5) is 41.0. The van der Waals surface area contributed by atoms with Gasteiger partial charge in [0, 0.05) is 34.8 Å². The Hall–Kier alpha value is -2.86. The van der Waals surface area contributed by atoms with Crippen LogP contribution in [0.2, 0.25) is 5.02 Å². The van der Waals surface area contributed by atoms with Crippen molar-refractivity contribution in [1.29, 1.82) is 0 Å². The van der Waals surface area contributed by atoms with Gasteiger partial charge in [-0.15, -0.1) is 0 Å². The Morgan fingerprint density at radius 2 is 1.71 bits per heavy atom. The fourth-order valence-corrected chi connectivity index (χ4v) is 5.93. The van der Waals surface area contributed by atoms with E-state index in [9.17, 15) is 14.4 Å². The van der Waals surface area contributed by atoms with Crippen molar-refractivity contribution in [3.63, 3.8) is 0 Å². The van der Waals surface area contributed by atoms with Gasteiger partial charge in [-0.1, -0.05) is 49.1 Å². The van der Waals surface area contributed by atoms with E-state index in [2.05, 4.69) is 10.6 Å². The fraction of sp³-hybridized carbons (Fsp3) is 0.464. The van der Waals surface area contributed by atoms with Crippen LogP contribution in [0.25, 0.3) is 0 Å². The Morgan fingerprint density at radius 3 is 2.49 bits per heavy atom. The third-order valence-corrected chi connectivity index (χ3v) is 8.07. The van der Waals surface area contributed by atoms with Crippen molar-refractivity contribution >= 4 is 35.0 Å². The van der Waals surface area contributed by atoms with E-state index in [1.165, 1.54) is 0 Å². The SMILES string of the molecule is O=C(Nc1cccc(CNC(=O)C2CC3CCCCC3N2C(=O)c2cccc(Cl)c2)c1)C1CCC1. The van der Waals surface area contributed by atoms with E-state index in [-0.39, 0.29) is 29.7 Å². The lowest BCUT2D eigenvalue weighted by Gasteiger charge is -2.33. The third kappa shape index (κ3) is 5.22. The lowest BCUT2D eigenvalue weighted by Crippen LogP contribution is -2.49. The lowest BCUT2D eigenvalue weighted by molar-refractivity contribution is -0.125. The predicted molar refractivity (Wildman–Crippen MR) is 136 cm³/mol. The highest BCUT2D eigenvalue weighted by Crippen LogP contribution is 2.40. The first kappa shape index (κ1) is 23.9. The molecule has 3 fully saturated rings. The zero-order valence-electron chi connectivity index (χ0n) is 19.8. The molecular formula is C28H32ClN3O3. The minimum absolute atomic E-state index is 0.0705. The maximum atomic E-state index is 13.5. The van der Waals surface area contributed by atoms with Gasteiger partial charge >= 0.3 is 0 Å². The van der Waals surface area contributed by atoms with Crippen LogP contribution in [0.5, 0.6) is 0 Å². The number of carbonyl (C=O) groups excluding carboxylic acids is 3. The second-order valence-corrected chi connectivity index (χ2v) is 10.6. The number of amides is 3. The van der Waals surface area contributed by atoms with E-state index >= 15 is 0 Å². The number of halogens is 1. The molecule has 35 heavy (non-hydrogen) atoms. The number of nitrogens with zero attached hydrogens (tertiary/aromatic N) is 1.